The molecule has 1 fully saturated rings. The molecule has 150 valence electrons. The zero-order valence-corrected chi connectivity index (χ0v) is 19.9. The van der Waals surface area contributed by atoms with E-state index in [1.54, 1.807) is 0 Å². The van der Waals surface area contributed by atoms with Crippen LogP contribution in [0.25, 0.3) is 0 Å². The Morgan fingerprint density at radius 1 is 1.28 bits per heavy atom. The Morgan fingerprint density at radius 3 is 2.60 bits per heavy atom. The van der Waals surface area contributed by atoms with Gasteiger partial charge in [-0.25, -0.2) is 0 Å². The van der Waals surface area contributed by atoms with E-state index in [1.165, 1.54) is 25.8 Å². The molecule has 0 aromatic heterocycles. The van der Waals surface area contributed by atoms with Crippen molar-refractivity contribution in [2.45, 2.75) is 71.1 Å². The maximum atomic E-state index is 12.1. The van der Waals surface area contributed by atoms with E-state index < -0.39 is 10.8 Å². The Labute approximate surface area is 174 Å². The molecule has 1 rings (SSSR count). The lowest BCUT2D eigenvalue weighted by Gasteiger charge is -2.33. The van der Waals surface area contributed by atoms with Crippen LogP contribution in [0.2, 0.25) is 0 Å². The molecule has 0 spiro atoms. The lowest BCUT2D eigenvalue weighted by Crippen LogP contribution is -2.41. The molecule has 7 heteroatoms. The topological polar surface area (TPSA) is 56.7 Å². The zero-order valence-electron chi connectivity index (χ0n) is 16.8. The third-order valence-corrected chi connectivity index (χ3v) is 6.36. The summed E-state index contributed by atoms with van der Waals surface area (Å²) in [7, 11) is -0.824. The first-order valence-electron chi connectivity index (χ1n) is 9.49. The SMILES string of the molecule is CCNC(=NCCCN1CCCCC1C)NCCS(=O)C(C)(C)C.I. The minimum absolute atomic E-state index is 0. The summed E-state index contributed by atoms with van der Waals surface area (Å²) in [5, 5.41) is 6.57. The number of guanidine groups is 1. The van der Waals surface area contributed by atoms with Gasteiger partial charge in [0.15, 0.2) is 5.96 Å². The molecular formula is C18H39IN4OS. The molecule has 2 unspecified atom stereocenters. The van der Waals surface area contributed by atoms with E-state index in [4.69, 9.17) is 0 Å². The summed E-state index contributed by atoms with van der Waals surface area (Å²) in [6, 6.07) is 0.724. The van der Waals surface area contributed by atoms with Crippen molar-refractivity contribution in [1.82, 2.24) is 15.5 Å². The van der Waals surface area contributed by atoms with Crippen molar-refractivity contribution in [3.63, 3.8) is 0 Å². The Hall–Kier alpha value is 0.110. The van der Waals surface area contributed by atoms with Crippen molar-refractivity contribution >= 4 is 40.7 Å². The summed E-state index contributed by atoms with van der Waals surface area (Å²) in [5.74, 6) is 1.49. The lowest BCUT2D eigenvalue weighted by molar-refractivity contribution is 0.160. The average molecular weight is 487 g/mol. The fourth-order valence-electron chi connectivity index (χ4n) is 2.86. The predicted molar refractivity (Wildman–Crippen MR) is 122 cm³/mol. The van der Waals surface area contributed by atoms with Crippen molar-refractivity contribution in [3.8, 4) is 0 Å². The van der Waals surface area contributed by atoms with Gasteiger partial charge in [0.05, 0.1) is 0 Å². The maximum absolute atomic E-state index is 12.1. The molecule has 0 amide bonds. The van der Waals surface area contributed by atoms with Crippen LogP contribution in [0.5, 0.6) is 0 Å². The summed E-state index contributed by atoms with van der Waals surface area (Å²) < 4.78 is 11.9. The predicted octanol–water partition coefficient (Wildman–Crippen LogP) is 2.97. The van der Waals surface area contributed by atoms with Crippen LogP contribution in [-0.4, -0.2) is 64.3 Å². The fourth-order valence-corrected chi connectivity index (χ4v) is 3.76. The molecule has 1 aliphatic rings. The lowest BCUT2D eigenvalue weighted by atomic mass is 10.0. The van der Waals surface area contributed by atoms with E-state index in [0.29, 0.717) is 12.3 Å². The van der Waals surface area contributed by atoms with Crippen molar-refractivity contribution in [1.29, 1.82) is 0 Å². The number of halogens is 1. The van der Waals surface area contributed by atoms with Gasteiger partial charge in [0.2, 0.25) is 0 Å². The maximum Gasteiger partial charge on any atom is 0.191 e. The second-order valence-electron chi connectivity index (χ2n) is 7.58. The Kier molecular flexibility index (Phi) is 13.4. The number of aliphatic imine (C=N–C) groups is 1. The third kappa shape index (κ3) is 10.8. The number of piperidine rings is 1. The quantitative estimate of drug-likeness (QED) is 0.240. The molecule has 5 nitrogen and oxygen atoms in total. The summed E-state index contributed by atoms with van der Waals surface area (Å²) in [5.41, 5.74) is 0. The number of hydrogen-bond donors (Lipinski definition) is 2. The summed E-state index contributed by atoms with van der Waals surface area (Å²) in [6.07, 6.45) is 5.14. The van der Waals surface area contributed by atoms with Gasteiger partial charge >= 0.3 is 0 Å². The highest BCUT2D eigenvalue weighted by atomic mass is 127. The van der Waals surface area contributed by atoms with E-state index in [0.717, 1.165) is 38.1 Å². The Morgan fingerprint density at radius 2 is 2.00 bits per heavy atom. The number of hydrogen-bond acceptors (Lipinski definition) is 3. The van der Waals surface area contributed by atoms with Crippen LogP contribution in [0.3, 0.4) is 0 Å². The number of nitrogens with zero attached hydrogens (tertiary/aromatic N) is 2. The number of likely N-dealkylation sites (tertiary alicyclic amines) is 1. The average Bonchev–Trinajstić information content (AvgIpc) is 2.52. The highest BCUT2D eigenvalue weighted by Gasteiger charge is 2.19. The van der Waals surface area contributed by atoms with Gasteiger partial charge in [-0.1, -0.05) is 6.42 Å². The summed E-state index contributed by atoms with van der Waals surface area (Å²) in [4.78, 5) is 7.24. The van der Waals surface area contributed by atoms with Crippen LogP contribution in [0.4, 0.5) is 0 Å². The first kappa shape index (κ1) is 25.1. The normalized spacial score (nSPS) is 20.7. The van der Waals surface area contributed by atoms with Crippen LogP contribution in [0.15, 0.2) is 4.99 Å². The first-order chi connectivity index (χ1) is 11.3. The minimum Gasteiger partial charge on any atom is -0.357 e. The van der Waals surface area contributed by atoms with Gasteiger partial charge in [-0.3, -0.25) is 9.20 Å². The highest BCUT2D eigenvalue weighted by Crippen LogP contribution is 2.16. The summed E-state index contributed by atoms with van der Waals surface area (Å²) in [6.45, 7) is 15.2. The van der Waals surface area contributed by atoms with Gasteiger partial charge in [0.1, 0.15) is 0 Å². The molecule has 1 aliphatic heterocycles. The summed E-state index contributed by atoms with van der Waals surface area (Å²) >= 11 is 0. The number of rotatable bonds is 8. The second kappa shape index (κ2) is 13.3. The molecule has 0 aliphatic carbocycles. The van der Waals surface area contributed by atoms with Gasteiger partial charge in [-0.2, -0.15) is 0 Å². The van der Waals surface area contributed by atoms with Crippen LogP contribution < -0.4 is 10.6 Å². The van der Waals surface area contributed by atoms with Gasteiger partial charge in [0.25, 0.3) is 0 Å². The molecule has 25 heavy (non-hydrogen) atoms. The monoisotopic (exact) mass is 486 g/mol. The van der Waals surface area contributed by atoms with E-state index in [2.05, 4.69) is 34.4 Å². The minimum atomic E-state index is -0.824. The van der Waals surface area contributed by atoms with Crippen LogP contribution in [0, 0.1) is 0 Å². The van der Waals surface area contributed by atoms with Crippen molar-refractivity contribution < 1.29 is 4.21 Å². The fraction of sp³-hybridized carbons (Fsp3) is 0.944. The Bertz CT molecular complexity index is 412. The van der Waals surface area contributed by atoms with Crippen molar-refractivity contribution in [3.05, 3.63) is 0 Å². The molecule has 1 heterocycles. The smallest absolute Gasteiger partial charge is 0.191 e. The van der Waals surface area contributed by atoms with Crippen molar-refractivity contribution in [2.75, 3.05) is 38.5 Å². The largest absolute Gasteiger partial charge is 0.357 e. The van der Waals surface area contributed by atoms with Gasteiger partial charge in [-0.15, -0.1) is 24.0 Å². The zero-order chi connectivity index (χ0) is 18.0. The first-order valence-corrected chi connectivity index (χ1v) is 10.8. The molecule has 0 bridgehead atoms. The Balaban J connectivity index is 0.00000576. The highest BCUT2D eigenvalue weighted by molar-refractivity contribution is 14.0. The molecule has 1 saturated heterocycles. The van der Waals surface area contributed by atoms with Crippen LogP contribution >= 0.6 is 24.0 Å². The van der Waals surface area contributed by atoms with E-state index in [9.17, 15) is 4.21 Å². The van der Waals surface area contributed by atoms with E-state index >= 15 is 0 Å². The standard InChI is InChI=1S/C18H38N4OS.HI/c1-6-19-17(21-12-15-24(23)18(3,4)5)20-11-9-14-22-13-8-7-10-16(22)2;/h16H,6-15H2,1-5H3,(H2,19,20,21);1H. The molecule has 0 radical (unpaired) electrons. The molecule has 2 atom stereocenters. The van der Waals surface area contributed by atoms with E-state index in [-0.39, 0.29) is 28.7 Å². The van der Waals surface area contributed by atoms with Gasteiger partial charge < -0.3 is 15.5 Å². The van der Waals surface area contributed by atoms with Crippen molar-refractivity contribution in [2.24, 2.45) is 4.99 Å². The number of nitrogens with one attached hydrogen (secondary N) is 2. The van der Waals surface area contributed by atoms with Gasteiger partial charge in [0, 0.05) is 53.5 Å². The molecule has 0 saturated carbocycles. The van der Waals surface area contributed by atoms with Crippen LogP contribution in [-0.2, 0) is 10.8 Å². The molecular weight excluding hydrogens is 447 g/mol. The molecule has 2 N–H and O–H groups in total. The molecule has 0 aromatic carbocycles. The van der Waals surface area contributed by atoms with Gasteiger partial charge in [-0.05, 0) is 60.4 Å². The third-order valence-electron chi connectivity index (χ3n) is 4.42. The second-order valence-corrected chi connectivity index (χ2v) is 9.91. The van der Waals surface area contributed by atoms with E-state index in [1.807, 2.05) is 20.8 Å². The van der Waals surface area contributed by atoms with Crippen LogP contribution in [0.1, 0.15) is 60.3 Å². The molecule has 0 aromatic rings.